The van der Waals surface area contributed by atoms with Crippen LogP contribution in [0.2, 0.25) is 0 Å². The summed E-state index contributed by atoms with van der Waals surface area (Å²) in [7, 11) is 0. The Morgan fingerprint density at radius 1 is 1.26 bits per heavy atom. The molecule has 27 heavy (non-hydrogen) atoms. The fraction of sp³-hybridized carbons (Fsp3) is 0.524. The van der Waals surface area contributed by atoms with Gasteiger partial charge in [0.2, 0.25) is 0 Å². The van der Waals surface area contributed by atoms with Crippen LogP contribution in [-0.4, -0.2) is 18.8 Å². The number of ether oxygens (including phenoxy) is 1. The lowest BCUT2D eigenvalue weighted by Gasteiger charge is -2.38. The van der Waals surface area contributed by atoms with Crippen molar-refractivity contribution in [3.8, 4) is 5.75 Å². The summed E-state index contributed by atoms with van der Waals surface area (Å²) in [5.41, 5.74) is -0.707. The molecule has 1 heterocycles. The molecule has 4 atom stereocenters. The van der Waals surface area contributed by atoms with Crippen molar-refractivity contribution in [3.05, 3.63) is 54.6 Å². The fourth-order valence-corrected chi connectivity index (χ4v) is 3.29. The molecule has 2 rings (SSSR count). The van der Waals surface area contributed by atoms with Gasteiger partial charge in [0.15, 0.2) is 0 Å². The Bertz CT molecular complexity index is 627. The Hall–Kier alpha value is -1.79. The first kappa shape index (κ1) is 21.5. The van der Waals surface area contributed by atoms with Crippen LogP contribution in [0.1, 0.15) is 38.7 Å². The van der Waals surface area contributed by atoms with Crippen molar-refractivity contribution in [1.82, 2.24) is 0 Å². The second kappa shape index (κ2) is 9.95. The standard InChI is InChI=1S/C21H27F3O3/c1-4-9-18-15(3)26-27-20(5-2)19(18)12-6-7-13-25-17-11-8-10-16(14-17)21(22,23)24/h4,6,8,10-12,14-15,18-20H,1,5,7,9,13H2,2-3H3/b12-6+/t15-,18-,19?,20+/m0/s1. The third kappa shape index (κ3) is 6.11. The van der Waals surface area contributed by atoms with Gasteiger partial charge in [-0.15, -0.1) is 6.58 Å². The minimum atomic E-state index is -4.37. The Morgan fingerprint density at radius 3 is 2.70 bits per heavy atom. The Labute approximate surface area is 158 Å². The van der Waals surface area contributed by atoms with E-state index in [0.717, 1.165) is 25.0 Å². The van der Waals surface area contributed by atoms with E-state index in [9.17, 15) is 13.2 Å². The van der Waals surface area contributed by atoms with Gasteiger partial charge in [-0.05, 0) is 44.4 Å². The summed E-state index contributed by atoms with van der Waals surface area (Å²) in [6, 6.07) is 4.93. The van der Waals surface area contributed by atoms with Gasteiger partial charge in [0.1, 0.15) is 5.75 Å². The zero-order valence-electron chi connectivity index (χ0n) is 15.7. The average Bonchev–Trinajstić information content (AvgIpc) is 2.63. The van der Waals surface area contributed by atoms with Gasteiger partial charge in [-0.25, -0.2) is 9.78 Å². The van der Waals surface area contributed by atoms with Crippen LogP contribution in [0.5, 0.6) is 5.75 Å². The van der Waals surface area contributed by atoms with E-state index in [-0.39, 0.29) is 29.8 Å². The molecular formula is C21H27F3O3. The highest BCUT2D eigenvalue weighted by molar-refractivity contribution is 5.30. The molecule has 0 radical (unpaired) electrons. The van der Waals surface area contributed by atoms with Crippen LogP contribution in [0.15, 0.2) is 49.1 Å². The van der Waals surface area contributed by atoms with E-state index in [2.05, 4.69) is 12.7 Å². The third-order valence-electron chi connectivity index (χ3n) is 4.77. The van der Waals surface area contributed by atoms with Crippen LogP contribution in [-0.2, 0) is 16.0 Å². The zero-order chi connectivity index (χ0) is 19.9. The van der Waals surface area contributed by atoms with Crippen molar-refractivity contribution >= 4 is 0 Å². The minimum absolute atomic E-state index is 0.0215. The molecule has 1 aromatic carbocycles. The summed E-state index contributed by atoms with van der Waals surface area (Å²) in [6.07, 6.45) is 3.84. The molecule has 0 N–H and O–H groups in total. The second-order valence-corrected chi connectivity index (χ2v) is 6.70. The van der Waals surface area contributed by atoms with E-state index in [0.29, 0.717) is 13.0 Å². The summed E-state index contributed by atoms with van der Waals surface area (Å²) in [4.78, 5) is 10.9. The van der Waals surface area contributed by atoms with Crippen molar-refractivity contribution in [3.63, 3.8) is 0 Å². The van der Waals surface area contributed by atoms with Gasteiger partial charge >= 0.3 is 6.18 Å². The largest absolute Gasteiger partial charge is 0.493 e. The van der Waals surface area contributed by atoms with Crippen molar-refractivity contribution in [2.24, 2.45) is 11.8 Å². The normalized spacial score (nSPS) is 26.3. The van der Waals surface area contributed by atoms with Gasteiger partial charge in [0, 0.05) is 11.8 Å². The summed E-state index contributed by atoms with van der Waals surface area (Å²) in [6.45, 7) is 8.16. The predicted molar refractivity (Wildman–Crippen MR) is 98.2 cm³/mol. The molecule has 1 aromatic rings. The van der Waals surface area contributed by atoms with Gasteiger partial charge in [-0.3, -0.25) is 0 Å². The summed E-state index contributed by atoms with van der Waals surface area (Å²) < 4.78 is 43.6. The van der Waals surface area contributed by atoms with E-state index >= 15 is 0 Å². The molecule has 0 aliphatic carbocycles. The first-order valence-corrected chi connectivity index (χ1v) is 9.26. The lowest BCUT2D eigenvalue weighted by Crippen LogP contribution is -2.41. The molecule has 6 heteroatoms. The van der Waals surface area contributed by atoms with Crippen LogP contribution >= 0.6 is 0 Å². The summed E-state index contributed by atoms with van der Waals surface area (Å²) in [5.74, 6) is 0.698. The van der Waals surface area contributed by atoms with Crippen molar-refractivity contribution in [2.75, 3.05) is 6.61 Å². The lowest BCUT2D eigenvalue weighted by molar-refractivity contribution is -0.393. The Kier molecular flexibility index (Phi) is 7.92. The molecule has 0 aromatic heterocycles. The van der Waals surface area contributed by atoms with Crippen molar-refractivity contribution < 1.29 is 27.7 Å². The van der Waals surface area contributed by atoms with Crippen LogP contribution < -0.4 is 4.74 Å². The predicted octanol–water partition coefficient (Wildman–Crippen LogP) is 5.97. The van der Waals surface area contributed by atoms with E-state index in [4.69, 9.17) is 14.5 Å². The molecule has 1 fully saturated rings. The first-order chi connectivity index (χ1) is 12.9. The molecule has 1 aliphatic rings. The number of halogens is 3. The van der Waals surface area contributed by atoms with E-state index in [1.165, 1.54) is 12.1 Å². The quantitative estimate of drug-likeness (QED) is 0.314. The molecule has 0 spiro atoms. The highest BCUT2D eigenvalue weighted by Crippen LogP contribution is 2.35. The Balaban J connectivity index is 1.91. The smallest absolute Gasteiger partial charge is 0.416 e. The third-order valence-corrected chi connectivity index (χ3v) is 4.77. The van der Waals surface area contributed by atoms with Gasteiger partial charge in [-0.2, -0.15) is 13.2 Å². The number of hydrogen-bond donors (Lipinski definition) is 0. The van der Waals surface area contributed by atoms with Crippen molar-refractivity contribution in [2.45, 2.75) is 51.5 Å². The Morgan fingerprint density at radius 2 is 2.04 bits per heavy atom. The maximum Gasteiger partial charge on any atom is 0.416 e. The SMILES string of the molecule is C=CC[C@@H]1C(/C=C/CCOc2cccc(C(F)(F)F)c2)[C@@H](CC)OO[C@H]1C. The molecule has 3 nitrogen and oxygen atoms in total. The number of benzene rings is 1. The van der Waals surface area contributed by atoms with E-state index in [1.54, 1.807) is 0 Å². The highest BCUT2D eigenvalue weighted by atomic mass is 19.4. The summed E-state index contributed by atoms with van der Waals surface area (Å²) in [5, 5.41) is 0. The number of hydrogen-bond acceptors (Lipinski definition) is 3. The number of rotatable bonds is 8. The van der Waals surface area contributed by atoms with E-state index in [1.807, 2.05) is 26.0 Å². The highest BCUT2D eigenvalue weighted by Gasteiger charge is 2.36. The van der Waals surface area contributed by atoms with Crippen molar-refractivity contribution in [1.29, 1.82) is 0 Å². The van der Waals surface area contributed by atoms with Gasteiger partial charge in [0.05, 0.1) is 24.4 Å². The number of alkyl halides is 3. The molecule has 1 unspecified atom stereocenters. The molecule has 0 saturated carbocycles. The lowest BCUT2D eigenvalue weighted by atomic mass is 9.80. The second-order valence-electron chi connectivity index (χ2n) is 6.70. The first-order valence-electron chi connectivity index (χ1n) is 9.26. The minimum Gasteiger partial charge on any atom is -0.493 e. The monoisotopic (exact) mass is 384 g/mol. The molecule has 150 valence electrons. The zero-order valence-corrected chi connectivity index (χ0v) is 15.7. The molecule has 1 aliphatic heterocycles. The fourth-order valence-electron chi connectivity index (χ4n) is 3.29. The molecule has 1 saturated heterocycles. The molecule has 0 bridgehead atoms. The van der Waals surface area contributed by atoms with E-state index < -0.39 is 11.7 Å². The molecule has 0 amide bonds. The van der Waals surface area contributed by atoms with Crippen LogP contribution in [0.25, 0.3) is 0 Å². The topological polar surface area (TPSA) is 27.7 Å². The average molecular weight is 384 g/mol. The van der Waals surface area contributed by atoms with Gasteiger partial charge < -0.3 is 4.74 Å². The van der Waals surface area contributed by atoms with Crippen LogP contribution in [0, 0.1) is 11.8 Å². The maximum atomic E-state index is 12.7. The van der Waals surface area contributed by atoms with Crippen LogP contribution in [0.3, 0.4) is 0 Å². The summed E-state index contributed by atoms with van der Waals surface area (Å²) >= 11 is 0. The van der Waals surface area contributed by atoms with Gasteiger partial charge in [-0.1, -0.05) is 31.2 Å². The maximum absolute atomic E-state index is 12.7. The van der Waals surface area contributed by atoms with Gasteiger partial charge in [0.25, 0.3) is 0 Å². The van der Waals surface area contributed by atoms with Crippen LogP contribution in [0.4, 0.5) is 13.2 Å². The molecular weight excluding hydrogens is 357 g/mol. The number of allylic oxidation sites excluding steroid dienone is 1.